The zero-order valence-corrected chi connectivity index (χ0v) is 14.9. The largest absolute Gasteiger partial charge is 0.491 e. The summed E-state index contributed by atoms with van der Waals surface area (Å²) in [7, 11) is 3.80. The van der Waals surface area contributed by atoms with Crippen LogP contribution in [0.4, 0.5) is 5.69 Å². The van der Waals surface area contributed by atoms with Gasteiger partial charge >= 0.3 is 0 Å². The Labute approximate surface area is 146 Å². The molecule has 6 heteroatoms. The molecule has 130 valence electrons. The summed E-state index contributed by atoms with van der Waals surface area (Å²) in [6.45, 7) is 0.794. The van der Waals surface area contributed by atoms with E-state index >= 15 is 0 Å². The summed E-state index contributed by atoms with van der Waals surface area (Å²) in [5, 5.41) is 16.7. The van der Waals surface area contributed by atoms with Gasteiger partial charge in [0.25, 0.3) is 0 Å². The van der Waals surface area contributed by atoms with Crippen LogP contribution in [0, 0.1) is 0 Å². The molecular formula is C18H24N2O3S. The molecule has 0 saturated heterocycles. The van der Waals surface area contributed by atoms with Gasteiger partial charge in [-0.15, -0.1) is 0 Å². The highest BCUT2D eigenvalue weighted by Crippen LogP contribution is 2.16. The van der Waals surface area contributed by atoms with E-state index in [4.69, 9.17) is 4.74 Å². The van der Waals surface area contributed by atoms with Crippen LogP contribution < -0.4 is 10.1 Å². The molecule has 0 spiro atoms. The third kappa shape index (κ3) is 6.70. The molecule has 5 nitrogen and oxygen atoms in total. The maximum absolute atomic E-state index is 11.9. The van der Waals surface area contributed by atoms with Crippen LogP contribution in [0.5, 0.6) is 5.75 Å². The first-order valence-corrected chi connectivity index (χ1v) is 8.84. The second kappa shape index (κ2) is 9.42. The van der Waals surface area contributed by atoms with E-state index in [1.807, 2.05) is 30.4 Å². The van der Waals surface area contributed by atoms with Gasteiger partial charge in [-0.25, -0.2) is 0 Å². The number of likely N-dealkylation sites (N-methyl/N-ethyl adjacent to an activating group) is 1. The molecule has 1 atom stereocenters. The molecule has 24 heavy (non-hydrogen) atoms. The minimum absolute atomic E-state index is 0.00345. The number of carbonyl (C=O) groups excluding carboxylic acids is 1. The average molecular weight is 348 g/mol. The third-order valence-corrected chi connectivity index (χ3v) is 4.11. The van der Waals surface area contributed by atoms with Gasteiger partial charge in [0.15, 0.2) is 0 Å². The fourth-order valence-electron chi connectivity index (χ4n) is 2.22. The summed E-state index contributed by atoms with van der Waals surface area (Å²) < 4.78 is 5.54. The van der Waals surface area contributed by atoms with E-state index in [9.17, 15) is 9.90 Å². The molecule has 0 aliphatic rings. The molecule has 1 amide bonds. The third-order valence-electron chi connectivity index (χ3n) is 3.38. The van der Waals surface area contributed by atoms with Gasteiger partial charge in [-0.3, -0.25) is 4.79 Å². The number of nitrogens with one attached hydrogen (secondary N) is 1. The average Bonchev–Trinajstić information content (AvgIpc) is 3.05. The predicted molar refractivity (Wildman–Crippen MR) is 97.8 cm³/mol. The number of aryl methyl sites for hydroxylation is 1. The van der Waals surface area contributed by atoms with Crippen LogP contribution in [0.15, 0.2) is 41.1 Å². The normalized spacial score (nSPS) is 12.2. The number of benzene rings is 1. The lowest BCUT2D eigenvalue weighted by molar-refractivity contribution is -0.116. The molecule has 0 fully saturated rings. The first-order valence-electron chi connectivity index (χ1n) is 7.89. The molecular weight excluding hydrogens is 324 g/mol. The smallest absolute Gasteiger partial charge is 0.224 e. The number of ether oxygens (including phenoxy) is 1. The van der Waals surface area contributed by atoms with Crippen molar-refractivity contribution in [3.8, 4) is 5.75 Å². The fraction of sp³-hybridized carbons (Fsp3) is 0.389. The van der Waals surface area contributed by atoms with Gasteiger partial charge < -0.3 is 20.1 Å². The number of rotatable bonds is 9. The molecule has 1 unspecified atom stereocenters. The van der Waals surface area contributed by atoms with Gasteiger partial charge in [0, 0.05) is 18.7 Å². The molecule has 1 aromatic carbocycles. The van der Waals surface area contributed by atoms with Crippen molar-refractivity contribution in [2.75, 3.05) is 32.6 Å². The Kier molecular flexibility index (Phi) is 7.24. The maximum Gasteiger partial charge on any atom is 0.224 e. The van der Waals surface area contributed by atoms with E-state index in [0.717, 1.165) is 12.1 Å². The van der Waals surface area contributed by atoms with Crippen LogP contribution in [-0.4, -0.2) is 49.3 Å². The highest BCUT2D eigenvalue weighted by Gasteiger charge is 2.07. The number of carbonyl (C=O) groups is 1. The predicted octanol–water partition coefficient (Wildman–Crippen LogP) is 2.62. The Bertz CT molecular complexity index is 612. The number of hydrogen-bond donors (Lipinski definition) is 2. The van der Waals surface area contributed by atoms with Gasteiger partial charge in [0.2, 0.25) is 5.91 Å². The standard InChI is InChI=1S/C18H24N2O3S/c1-20(2)11-16(21)12-23-17-6-4-15(5-7-17)19-18(22)8-3-14-9-10-24-13-14/h4-7,9-10,13,16,21H,3,8,11-12H2,1-2H3,(H,19,22). The van der Waals surface area contributed by atoms with Gasteiger partial charge in [-0.05, 0) is 67.2 Å². The van der Waals surface area contributed by atoms with E-state index in [2.05, 4.69) is 10.7 Å². The second-order valence-electron chi connectivity index (χ2n) is 5.93. The topological polar surface area (TPSA) is 61.8 Å². The molecule has 0 aliphatic heterocycles. The minimum Gasteiger partial charge on any atom is -0.491 e. The Morgan fingerprint density at radius 3 is 2.67 bits per heavy atom. The van der Waals surface area contributed by atoms with E-state index in [1.54, 1.807) is 35.6 Å². The van der Waals surface area contributed by atoms with Crippen molar-refractivity contribution in [2.24, 2.45) is 0 Å². The second-order valence-corrected chi connectivity index (χ2v) is 6.71. The van der Waals surface area contributed by atoms with Crippen LogP contribution >= 0.6 is 11.3 Å². The molecule has 0 bridgehead atoms. The molecule has 1 aromatic heterocycles. The molecule has 1 heterocycles. The van der Waals surface area contributed by atoms with Crippen molar-refractivity contribution in [3.05, 3.63) is 46.7 Å². The lowest BCUT2D eigenvalue weighted by Gasteiger charge is -2.16. The highest BCUT2D eigenvalue weighted by molar-refractivity contribution is 7.07. The Morgan fingerprint density at radius 1 is 1.29 bits per heavy atom. The minimum atomic E-state index is -0.531. The SMILES string of the molecule is CN(C)CC(O)COc1ccc(NC(=O)CCc2ccsc2)cc1. The van der Waals surface area contributed by atoms with E-state index in [-0.39, 0.29) is 12.5 Å². The zero-order valence-electron chi connectivity index (χ0n) is 14.1. The lowest BCUT2D eigenvalue weighted by Crippen LogP contribution is -2.30. The van der Waals surface area contributed by atoms with Crippen molar-refractivity contribution in [1.82, 2.24) is 4.90 Å². The molecule has 0 radical (unpaired) electrons. The first-order chi connectivity index (χ1) is 11.5. The number of hydrogen-bond acceptors (Lipinski definition) is 5. The van der Waals surface area contributed by atoms with Crippen molar-refractivity contribution in [1.29, 1.82) is 0 Å². The highest BCUT2D eigenvalue weighted by atomic mass is 32.1. The monoisotopic (exact) mass is 348 g/mol. The van der Waals surface area contributed by atoms with Crippen molar-refractivity contribution < 1.29 is 14.6 Å². The number of aliphatic hydroxyl groups excluding tert-OH is 1. The van der Waals surface area contributed by atoms with Crippen LogP contribution in [0.3, 0.4) is 0 Å². The molecule has 2 aromatic rings. The van der Waals surface area contributed by atoms with Crippen molar-refractivity contribution in [2.45, 2.75) is 18.9 Å². The van der Waals surface area contributed by atoms with Gasteiger partial charge in [0.05, 0.1) is 0 Å². The number of nitrogens with zero attached hydrogens (tertiary/aromatic N) is 1. The summed E-state index contributed by atoms with van der Waals surface area (Å²) in [6, 6.07) is 9.22. The Hall–Kier alpha value is -1.89. The summed E-state index contributed by atoms with van der Waals surface area (Å²) in [5.41, 5.74) is 1.93. The summed E-state index contributed by atoms with van der Waals surface area (Å²) in [4.78, 5) is 13.8. The number of anilines is 1. The summed E-state index contributed by atoms with van der Waals surface area (Å²) >= 11 is 1.64. The van der Waals surface area contributed by atoms with E-state index < -0.39 is 6.10 Å². The lowest BCUT2D eigenvalue weighted by atomic mass is 10.2. The van der Waals surface area contributed by atoms with Crippen LogP contribution in [0.2, 0.25) is 0 Å². The van der Waals surface area contributed by atoms with E-state index in [0.29, 0.717) is 18.7 Å². The van der Waals surface area contributed by atoms with Gasteiger partial charge in [-0.2, -0.15) is 11.3 Å². The number of thiophene rings is 1. The molecule has 2 N–H and O–H groups in total. The van der Waals surface area contributed by atoms with Crippen LogP contribution in [0.1, 0.15) is 12.0 Å². The molecule has 2 rings (SSSR count). The maximum atomic E-state index is 11.9. The molecule has 0 saturated carbocycles. The summed E-state index contributed by atoms with van der Waals surface area (Å²) in [5.74, 6) is 0.667. The first kappa shape index (κ1) is 18.4. The Morgan fingerprint density at radius 2 is 2.04 bits per heavy atom. The van der Waals surface area contributed by atoms with Crippen LogP contribution in [-0.2, 0) is 11.2 Å². The van der Waals surface area contributed by atoms with Crippen molar-refractivity contribution in [3.63, 3.8) is 0 Å². The number of amides is 1. The molecule has 0 aliphatic carbocycles. The van der Waals surface area contributed by atoms with Gasteiger partial charge in [-0.1, -0.05) is 0 Å². The van der Waals surface area contributed by atoms with Crippen LogP contribution in [0.25, 0.3) is 0 Å². The van der Waals surface area contributed by atoms with Crippen molar-refractivity contribution >= 4 is 22.9 Å². The Balaban J connectivity index is 1.73. The van der Waals surface area contributed by atoms with Gasteiger partial charge in [0.1, 0.15) is 18.5 Å². The van der Waals surface area contributed by atoms with E-state index in [1.165, 1.54) is 5.56 Å². The number of aliphatic hydroxyl groups is 1. The quantitative estimate of drug-likeness (QED) is 0.731. The fourth-order valence-corrected chi connectivity index (χ4v) is 2.92. The summed E-state index contributed by atoms with van der Waals surface area (Å²) in [6.07, 6.45) is 0.683. The zero-order chi connectivity index (χ0) is 17.4.